The maximum atomic E-state index is 11.1. The van der Waals surface area contributed by atoms with Gasteiger partial charge in [-0.15, -0.1) is 0 Å². The molecule has 0 aliphatic rings. The van der Waals surface area contributed by atoms with E-state index in [0.29, 0.717) is 6.54 Å². The third-order valence-electron chi connectivity index (χ3n) is 1.88. The van der Waals surface area contributed by atoms with Crippen molar-refractivity contribution in [2.45, 2.75) is 27.3 Å². The van der Waals surface area contributed by atoms with Gasteiger partial charge in [-0.2, -0.15) is 0 Å². The fourth-order valence-corrected chi connectivity index (χ4v) is 1.07. The molecule has 1 rings (SSSR count). The molecule has 0 aromatic carbocycles. The highest BCUT2D eigenvalue weighted by molar-refractivity contribution is 5.07. The molecule has 0 N–H and O–H groups in total. The molecule has 1 aromatic heterocycles. The van der Waals surface area contributed by atoms with Crippen LogP contribution in [0.5, 0.6) is 0 Å². The highest BCUT2D eigenvalue weighted by Gasteiger charge is 2.00. The molecule has 60 valence electrons. The van der Waals surface area contributed by atoms with E-state index < -0.39 is 0 Å². The quantitative estimate of drug-likeness (QED) is 0.598. The fourth-order valence-electron chi connectivity index (χ4n) is 1.07. The summed E-state index contributed by atoms with van der Waals surface area (Å²) < 4.78 is 1.71. The summed E-state index contributed by atoms with van der Waals surface area (Å²) in [6.07, 6.45) is 1.37. The van der Waals surface area contributed by atoms with Gasteiger partial charge in [-0.1, -0.05) is 0 Å². The Bertz CT molecular complexity index is 314. The van der Waals surface area contributed by atoms with E-state index >= 15 is 0 Å². The molecule has 3 nitrogen and oxygen atoms in total. The lowest BCUT2D eigenvalue weighted by atomic mass is 10.3. The number of hydrogen-bond acceptors (Lipinski definition) is 2. The van der Waals surface area contributed by atoms with Gasteiger partial charge in [-0.25, -0.2) is 0 Å². The van der Waals surface area contributed by atoms with E-state index in [9.17, 15) is 4.79 Å². The summed E-state index contributed by atoms with van der Waals surface area (Å²) in [5.74, 6) is 0. The van der Waals surface area contributed by atoms with Gasteiger partial charge in [0.15, 0.2) is 0 Å². The van der Waals surface area contributed by atoms with Crippen LogP contribution >= 0.6 is 0 Å². The van der Waals surface area contributed by atoms with Crippen molar-refractivity contribution in [2.75, 3.05) is 0 Å². The Kier molecular flexibility index (Phi) is 2.08. The lowest BCUT2D eigenvalue weighted by Gasteiger charge is -2.06. The largest absolute Gasteiger partial charge is 0.310 e. The van der Waals surface area contributed by atoms with Gasteiger partial charge >= 0.3 is 0 Å². The molecule has 0 radical (unpaired) electrons. The lowest BCUT2D eigenvalue weighted by molar-refractivity contribution is 0.682. The van der Waals surface area contributed by atoms with E-state index in [1.165, 1.54) is 6.20 Å². The van der Waals surface area contributed by atoms with Crippen molar-refractivity contribution in [2.24, 2.45) is 0 Å². The highest BCUT2D eigenvalue weighted by atomic mass is 16.1. The Morgan fingerprint density at radius 3 is 2.64 bits per heavy atom. The molecule has 0 spiro atoms. The molecule has 0 atom stereocenters. The molecule has 0 aliphatic heterocycles. The molecular weight excluding hydrogens is 140 g/mol. The Morgan fingerprint density at radius 1 is 1.55 bits per heavy atom. The molecule has 0 fully saturated rings. The van der Waals surface area contributed by atoms with Crippen LogP contribution in [0.2, 0.25) is 0 Å². The first-order valence-electron chi connectivity index (χ1n) is 3.70. The molecule has 1 heterocycles. The molecule has 0 bridgehead atoms. The zero-order valence-corrected chi connectivity index (χ0v) is 7.09. The number of aromatic nitrogens is 2. The average Bonchev–Trinajstić information content (AvgIpc) is 1.99. The first kappa shape index (κ1) is 7.98. The summed E-state index contributed by atoms with van der Waals surface area (Å²) in [6, 6.07) is 0. The minimum absolute atomic E-state index is 0.0180. The predicted molar refractivity (Wildman–Crippen MR) is 43.6 cm³/mol. The van der Waals surface area contributed by atoms with Gasteiger partial charge in [0.1, 0.15) is 0 Å². The van der Waals surface area contributed by atoms with Gasteiger partial charge in [0.05, 0.1) is 11.9 Å². The summed E-state index contributed by atoms with van der Waals surface area (Å²) in [5.41, 5.74) is 1.86. The second-order valence-corrected chi connectivity index (χ2v) is 2.51. The fraction of sp³-hybridized carbons (Fsp3) is 0.500. The standard InChI is InChI=1S/C8H12N2O/c1-4-10-7(3)6(2)9-5-8(10)11/h5H,4H2,1-3H3. The van der Waals surface area contributed by atoms with E-state index in [4.69, 9.17) is 0 Å². The van der Waals surface area contributed by atoms with Crippen molar-refractivity contribution in [3.8, 4) is 0 Å². The van der Waals surface area contributed by atoms with Crippen LogP contribution in [-0.4, -0.2) is 9.55 Å². The van der Waals surface area contributed by atoms with Crippen LogP contribution in [0.1, 0.15) is 18.3 Å². The van der Waals surface area contributed by atoms with Crippen LogP contribution < -0.4 is 5.56 Å². The van der Waals surface area contributed by atoms with Crippen molar-refractivity contribution >= 4 is 0 Å². The van der Waals surface area contributed by atoms with Gasteiger partial charge in [-0.3, -0.25) is 9.78 Å². The van der Waals surface area contributed by atoms with E-state index in [1.807, 2.05) is 20.8 Å². The predicted octanol–water partition coefficient (Wildman–Crippen LogP) is 0.880. The summed E-state index contributed by atoms with van der Waals surface area (Å²) in [7, 11) is 0. The van der Waals surface area contributed by atoms with E-state index in [2.05, 4.69) is 4.98 Å². The zero-order valence-electron chi connectivity index (χ0n) is 7.09. The Hall–Kier alpha value is -1.12. The normalized spacial score (nSPS) is 10.1. The van der Waals surface area contributed by atoms with Crippen molar-refractivity contribution in [3.63, 3.8) is 0 Å². The monoisotopic (exact) mass is 152 g/mol. The summed E-state index contributed by atoms with van der Waals surface area (Å²) in [5, 5.41) is 0. The minimum Gasteiger partial charge on any atom is -0.310 e. The van der Waals surface area contributed by atoms with Gasteiger partial charge in [-0.05, 0) is 20.8 Å². The molecule has 0 saturated carbocycles. The molecular formula is C8H12N2O. The van der Waals surface area contributed by atoms with Crippen molar-refractivity contribution in [1.29, 1.82) is 0 Å². The maximum absolute atomic E-state index is 11.1. The number of nitrogens with zero attached hydrogens (tertiary/aromatic N) is 2. The molecule has 11 heavy (non-hydrogen) atoms. The van der Waals surface area contributed by atoms with Crippen molar-refractivity contribution in [3.05, 3.63) is 27.9 Å². The van der Waals surface area contributed by atoms with E-state index in [0.717, 1.165) is 11.4 Å². The molecule has 0 saturated heterocycles. The second-order valence-electron chi connectivity index (χ2n) is 2.51. The molecule has 0 amide bonds. The molecule has 0 unspecified atom stereocenters. The molecule has 1 aromatic rings. The van der Waals surface area contributed by atoms with Crippen molar-refractivity contribution in [1.82, 2.24) is 9.55 Å². The van der Waals surface area contributed by atoms with Crippen LogP contribution in [0.3, 0.4) is 0 Å². The average molecular weight is 152 g/mol. The van der Waals surface area contributed by atoms with Crippen LogP contribution in [0, 0.1) is 13.8 Å². The van der Waals surface area contributed by atoms with Crippen LogP contribution in [0.4, 0.5) is 0 Å². The van der Waals surface area contributed by atoms with Gasteiger partial charge in [0.2, 0.25) is 0 Å². The zero-order chi connectivity index (χ0) is 8.43. The summed E-state index contributed by atoms with van der Waals surface area (Å²) in [4.78, 5) is 15.1. The van der Waals surface area contributed by atoms with Crippen LogP contribution in [0.25, 0.3) is 0 Å². The molecule has 3 heteroatoms. The lowest BCUT2D eigenvalue weighted by Crippen LogP contribution is -2.22. The smallest absolute Gasteiger partial charge is 0.269 e. The third kappa shape index (κ3) is 1.31. The van der Waals surface area contributed by atoms with E-state index in [1.54, 1.807) is 4.57 Å². The summed E-state index contributed by atoms with van der Waals surface area (Å²) in [6.45, 7) is 6.48. The molecule has 0 aliphatic carbocycles. The van der Waals surface area contributed by atoms with Gasteiger partial charge in [0.25, 0.3) is 5.56 Å². The highest BCUT2D eigenvalue weighted by Crippen LogP contribution is 1.97. The number of hydrogen-bond donors (Lipinski definition) is 0. The number of aryl methyl sites for hydroxylation is 1. The SMILES string of the molecule is CCn1c(C)c(C)ncc1=O. The topological polar surface area (TPSA) is 34.9 Å². The van der Waals surface area contributed by atoms with Crippen molar-refractivity contribution < 1.29 is 0 Å². The summed E-state index contributed by atoms with van der Waals surface area (Å²) >= 11 is 0. The van der Waals surface area contributed by atoms with Gasteiger partial charge in [0, 0.05) is 12.2 Å². The van der Waals surface area contributed by atoms with Gasteiger partial charge < -0.3 is 4.57 Å². The Labute approximate surface area is 65.7 Å². The minimum atomic E-state index is -0.0180. The second kappa shape index (κ2) is 2.86. The first-order chi connectivity index (χ1) is 5.16. The Balaban J connectivity index is 3.41. The first-order valence-corrected chi connectivity index (χ1v) is 3.70. The Morgan fingerprint density at radius 2 is 2.18 bits per heavy atom. The van der Waals surface area contributed by atoms with Crippen LogP contribution in [-0.2, 0) is 6.54 Å². The van der Waals surface area contributed by atoms with Crippen LogP contribution in [0.15, 0.2) is 11.0 Å². The maximum Gasteiger partial charge on any atom is 0.269 e. The third-order valence-corrected chi connectivity index (χ3v) is 1.88. The van der Waals surface area contributed by atoms with E-state index in [-0.39, 0.29) is 5.56 Å². The number of rotatable bonds is 1.